The fraction of sp³-hybridized carbons (Fsp3) is 0.778. The normalized spacial score (nSPS) is 28.0. The van der Waals surface area contributed by atoms with Gasteiger partial charge < -0.3 is 23.5 Å². The van der Waals surface area contributed by atoms with Crippen LogP contribution in [0.5, 0.6) is 0 Å². The van der Waals surface area contributed by atoms with Gasteiger partial charge in [0.25, 0.3) is 0 Å². The minimum atomic E-state index is 0. The van der Waals surface area contributed by atoms with Crippen LogP contribution >= 0.6 is 0 Å². The van der Waals surface area contributed by atoms with E-state index in [1.807, 2.05) is 0 Å². The molecule has 0 aromatic heterocycles. The molecule has 1 rings (SSSR count). The molecule has 1 fully saturated rings. The Hall–Kier alpha value is 1.30. The second-order valence-electron chi connectivity index (χ2n) is 3.02. The average molecular weight is 295 g/mol. The predicted octanol–water partition coefficient (Wildman–Crippen LogP) is 1.13. The molecule has 12 heavy (non-hydrogen) atoms. The number of rotatable bonds is 4. The van der Waals surface area contributed by atoms with E-state index in [-0.39, 0.29) is 41.7 Å². The smallest absolute Gasteiger partial charge is 0.0601 e. The number of hydrogen-bond donors (Lipinski definition) is 0. The summed E-state index contributed by atoms with van der Waals surface area (Å²) in [6.45, 7) is 9.44. The Balaban J connectivity index is 0.00000121. The van der Waals surface area contributed by atoms with Crippen molar-refractivity contribution in [1.29, 1.82) is 0 Å². The molecule has 1 aliphatic rings. The number of ether oxygens (including phenoxy) is 1. The molecule has 0 aliphatic heterocycles. The van der Waals surface area contributed by atoms with Crippen molar-refractivity contribution in [2.24, 2.45) is 0 Å². The maximum Gasteiger partial charge on any atom is 0.0601 e. The summed E-state index contributed by atoms with van der Waals surface area (Å²) in [7, 11) is 1.78. The zero-order valence-electron chi connectivity index (χ0n) is 7.75. The number of methoxy groups -OCH3 is 1. The van der Waals surface area contributed by atoms with E-state index in [1.54, 1.807) is 7.11 Å². The van der Waals surface area contributed by atoms with Crippen molar-refractivity contribution in [2.45, 2.75) is 25.0 Å². The Bertz CT molecular complexity index is 111. The molecule has 0 heterocycles. The van der Waals surface area contributed by atoms with E-state index in [4.69, 9.17) is 4.74 Å². The first-order valence-corrected chi connectivity index (χ1v) is 4.17. The van der Waals surface area contributed by atoms with Gasteiger partial charge in [-0.1, -0.05) is 0 Å². The Kier molecular flexibility index (Phi) is 7.43. The molecule has 0 amide bonds. The Morgan fingerprint density at radius 2 is 1.83 bits per heavy atom. The third kappa shape index (κ3) is 3.22. The van der Waals surface area contributed by atoms with Gasteiger partial charge in [-0.2, -0.15) is 0 Å². The van der Waals surface area contributed by atoms with Crippen LogP contribution in [0.2, 0.25) is 0 Å². The van der Waals surface area contributed by atoms with Gasteiger partial charge in [-0.15, -0.1) is 13.1 Å². The van der Waals surface area contributed by atoms with Crippen LogP contribution in [0.15, 0.2) is 0 Å². The molecule has 0 aromatic carbocycles. The van der Waals surface area contributed by atoms with Gasteiger partial charge in [0.2, 0.25) is 0 Å². The topological polar surface area (TPSA) is 12.5 Å². The quantitative estimate of drug-likeness (QED) is 0.721. The van der Waals surface area contributed by atoms with Gasteiger partial charge in [-0.25, -0.2) is 0 Å². The first-order valence-electron chi connectivity index (χ1n) is 4.17. The number of nitrogens with zero attached hydrogens (tertiary/aromatic N) is 1. The predicted molar refractivity (Wildman–Crippen MR) is 46.1 cm³/mol. The van der Waals surface area contributed by atoms with E-state index in [0.29, 0.717) is 12.1 Å². The standard InChI is InChI=1S/C9H17NO.Ce/c1-4-10(5-2)8-6-9(7-8)11-3;/h8-9H,1-2,4-7H2,3H3;/q-2;. The van der Waals surface area contributed by atoms with E-state index in [2.05, 4.69) is 18.7 Å². The van der Waals surface area contributed by atoms with Crippen LogP contribution in [0.1, 0.15) is 12.8 Å². The van der Waals surface area contributed by atoms with Crippen LogP contribution in [0.3, 0.4) is 0 Å². The summed E-state index contributed by atoms with van der Waals surface area (Å²) in [6, 6.07) is 0.676. The maximum atomic E-state index is 5.19. The van der Waals surface area contributed by atoms with Gasteiger partial charge in [0.1, 0.15) is 0 Å². The van der Waals surface area contributed by atoms with Crippen molar-refractivity contribution in [3.63, 3.8) is 0 Å². The summed E-state index contributed by atoms with van der Waals surface area (Å²) in [5, 5.41) is 0. The third-order valence-electron chi connectivity index (χ3n) is 2.49. The molecule has 0 aromatic rings. The molecule has 0 atom stereocenters. The Labute approximate surface area is 109 Å². The second-order valence-corrected chi connectivity index (χ2v) is 3.02. The summed E-state index contributed by atoms with van der Waals surface area (Å²) in [5.41, 5.74) is 0. The molecule has 0 saturated heterocycles. The Morgan fingerprint density at radius 3 is 2.17 bits per heavy atom. The average Bonchev–Trinajstić information content (AvgIpc) is 1.95. The molecule has 0 unspecified atom stereocenters. The van der Waals surface area contributed by atoms with E-state index < -0.39 is 0 Å². The van der Waals surface area contributed by atoms with Crippen molar-refractivity contribution in [3.8, 4) is 0 Å². The van der Waals surface area contributed by atoms with E-state index in [0.717, 1.165) is 25.9 Å². The molecule has 0 spiro atoms. The molecule has 70 valence electrons. The zero-order valence-corrected chi connectivity index (χ0v) is 10.9. The summed E-state index contributed by atoms with van der Waals surface area (Å²) in [6.07, 6.45) is 2.80. The zero-order chi connectivity index (χ0) is 8.27. The fourth-order valence-corrected chi connectivity index (χ4v) is 1.51. The second kappa shape index (κ2) is 6.71. The maximum absolute atomic E-state index is 5.19. The van der Waals surface area contributed by atoms with Crippen molar-refractivity contribution >= 4 is 0 Å². The molecule has 0 bridgehead atoms. The monoisotopic (exact) mass is 295 g/mol. The summed E-state index contributed by atoms with van der Waals surface area (Å²) < 4.78 is 5.19. The van der Waals surface area contributed by atoms with Gasteiger partial charge in [-0.3, -0.25) is 0 Å². The van der Waals surface area contributed by atoms with Crippen molar-refractivity contribution in [3.05, 3.63) is 13.8 Å². The van der Waals surface area contributed by atoms with Crippen LogP contribution in [0.25, 0.3) is 0 Å². The van der Waals surface area contributed by atoms with Crippen LogP contribution in [0.4, 0.5) is 0 Å². The third-order valence-corrected chi connectivity index (χ3v) is 2.49. The molecule has 1 aliphatic carbocycles. The first-order chi connectivity index (χ1) is 5.31. The van der Waals surface area contributed by atoms with Crippen molar-refractivity contribution in [2.75, 3.05) is 20.2 Å². The van der Waals surface area contributed by atoms with Gasteiger partial charge >= 0.3 is 0 Å². The van der Waals surface area contributed by atoms with Crippen LogP contribution in [-0.4, -0.2) is 37.2 Å². The van der Waals surface area contributed by atoms with Crippen LogP contribution < -0.4 is 0 Å². The van der Waals surface area contributed by atoms with Gasteiger partial charge in [0, 0.05) is 54.9 Å². The molecular weight excluding hydrogens is 278 g/mol. The fourth-order valence-electron chi connectivity index (χ4n) is 1.51. The van der Waals surface area contributed by atoms with Crippen molar-refractivity contribution < 1.29 is 46.5 Å². The first kappa shape index (κ1) is 13.3. The van der Waals surface area contributed by atoms with E-state index in [1.165, 1.54) is 0 Å². The molecule has 1 saturated carbocycles. The summed E-state index contributed by atoms with van der Waals surface area (Å²) in [5.74, 6) is 0. The largest absolute Gasteiger partial charge is 0.381 e. The molecule has 0 N–H and O–H groups in total. The minimum Gasteiger partial charge on any atom is -0.381 e. The summed E-state index contributed by atoms with van der Waals surface area (Å²) in [4.78, 5) is 2.29. The summed E-state index contributed by atoms with van der Waals surface area (Å²) >= 11 is 0. The van der Waals surface area contributed by atoms with Gasteiger partial charge in [0.05, 0.1) is 6.10 Å². The molecule has 2 nitrogen and oxygen atoms in total. The van der Waals surface area contributed by atoms with Gasteiger partial charge in [0.15, 0.2) is 0 Å². The Morgan fingerprint density at radius 1 is 1.33 bits per heavy atom. The molecule has 0 radical (unpaired) electrons. The van der Waals surface area contributed by atoms with Crippen LogP contribution in [-0.2, 0) is 4.74 Å². The minimum absolute atomic E-state index is 0. The van der Waals surface area contributed by atoms with Gasteiger partial charge in [-0.05, 0) is 12.8 Å². The molecule has 3 heteroatoms. The molecular formula is C9H17CeNO-2. The number of hydrogen-bond acceptors (Lipinski definition) is 2. The van der Waals surface area contributed by atoms with E-state index in [9.17, 15) is 0 Å². The SMILES string of the molecule is [CH2-]CN(C[CH2-])C1CC(OC)C1.[Ce]. The van der Waals surface area contributed by atoms with E-state index >= 15 is 0 Å². The van der Waals surface area contributed by atoms with Crippen molar-refractivity contribution in [1.82, 2.24) is 4.90 Å². The van der Waals surface area contributed by atoms with Crippen LogP contribution in [0, 0.1) is 55.6 Å².